The highest BCUT2D eigenvalue weighted by Crippen LogP contribution is 2.39. The monoisotopic (exact) mass is 337 g/mol. The number of benzene rings is 1. The summed E-state index contributed by atoms with van der Waals surface area (Å²) in [6.07, 6.45) is -1.54. The van der Waals surface area contributed by atoms with Gasteiger partial charge in [0, 0.05) is 23.8 Å². The summed E-state index contributed by atoms with van der Waals surface area (Å²) >= 11 is 3.19. The Bertz CT molecular complexity index is 452. The molecule has 1 aliphatic rings. The maximum absolute atomic E-state index is 12.9. The first kappa shape index (κ1) is 14.7. The molecule has 0 atom stereocenters. The van der Waals surface area contributed by atoms with Crippen LogP contribution in [0.25, 0.3) is 0 Å². The number of halogens is 4. The first-order valence-electron chi connectivity index (χ1n) is 6.02. The molecule has 1 fully saturated rings. The Morgan fingerprint density at radius 3 is 2.53 bits per heavy atom. The standard InChI is InChI=1S/C13H15BrF3NO/c1-19-12(5-2-6-12)8-18-11-7-9(14)3-4-10(11)13(15,16)17/h3-4,7,18H,2,5-6,8H2,1H3. The van der Waals surface area contributed by atoms with Crippen LogP contribution >= 0.6 is 15.9 Å². The fraction of sp³-hybridized carbons (Fsp3) is 0.538. The quantitative estimate of drug-likeness (QED) is 0.876. The second-order valence-corrected chi connectivity index (χ2v) is 5.70. The molecule has 0 unspecified atom stereocenters. The molecule has 1 aliphatic carbocycles. The SMILES string of the molecule is COC1(CNc2cc(Br)ccc2C(F)(F)F)CCC1. The molecule has 19 heavy (non-hydrogen) atoms. The lowest BCUT2D eigenvalue weighted by Gasteiger charge is -2.41. The molecule has 0 aromatic heterocycles. The molecule has 2 nitrogen and oxygen atoms in total. The van der Waals surface area contributed by atoms with E-state index in [0.717, 1.165) is 25.3 Å². The van der Waals surface area contributed by atoms with Gasteiger partial charge in [-0.2, -0.15) is 13.2 Å². The van der Waals surface area contributed by atoms with Crippen LogP contribution in [0.3, 0.4) is 0 Å². The largest absolute Gasteiger partial charge is 0.418 e. The molecule has 0 spiro atoms. The van der Waals surface area contributed by atoms with E-state index in [2.05, 4.69) is 21.2 Å². The van der Waals surface area contributed by atoms with Crippen LogP contribution in [0.5, 0.6) is 0 Å². The first-order valence-corrected chi connectivity index (χ1v) is 6.81. The van der Waals surface area contributed by atoms with Crippen molar-refractivity contribution in [2.75, 3.05) is 19.0 Å². The van der Waals surface area contributed by atoms with Crippen molar-refractivity contribution in [1.82, 2.24) is 0 Å². The molecule has 0 amide bonds. The van der Waals surface area contributed by atoms with Gasteiger partial charge in [-0.25, -0.2) is 0 Å². The second-order valence-electron chi connectivity index (χ2n) is 4.78. The van der Waals surface area contributed by atoms with Crippen molar-refractivity contribution in [3.8, 4) is 0 Å². The number of hydrogen-bond donors (Lipinski definition) is 1. The molecular weight excluding hydrogens is 323 g/mol. The summed E-state index contributed by atoms with van der Waals surface area (Å²) < 4.78 is 44.7. The summed E-state index contributed by atoms with van der Waals surface area (Å²) in [4.78, 5) is 0. The lowest BCUT2D eigenvalue weighted by atomic mass is 9.80. The Balaban J connectivity index is 2.17. The Morgan fingerprint density at radius 2 is 2.05 bits per heavy atom. The van der Waals surface area contributed by atoms with Crippen LogP contribution in [0.1, 0.15) is 24.8 Å². The zero-order chi connectivity index (χ0) is 14.1. The Morgan fingerprint density at radius 1 is 1.37 bits per heavy atom. The van der Waals surface area contributed by atoms with Crippen LogP contribution < -0.4 is 5.32 Å². The Kier molecular flexibility index (Phi) is 4.11. The fourth-order valence-corrected chi connectivity index (χ4v) is 2.55. The van der Waals surface area contributed by atoms with Crippen LogP contribution in [-0.2, 0) is 10.9 Å². The normalized spacial score (nSPS) is 17.9. The molecule has 1 saturated carbocycles. The van der Waals surface area contributed by atoms with Gasteiger partial charge in [0.1, 0.15) is 0 Å². The van der Waals surface area contributed by atoms with E-state index in [4.69, 9.17) is 4.74 Å². The third kappa shape index (κ3) is 3.23. The third-order valence-electron chi connectivity index (χ3n) is 3.59. The first-order chi connectivity index (χ1) is 8.86. The Hall–Kier alpha value is -0.750. The van der Waals surface area contributed by atoms with Crippen molar-refractivity contribution < 1.29 is 17.9 Å². The number of anilines is 1. The number of ether oxygens (including phenoxy) is 1. The summed E-state index contributed by atoms with van der Waals surface area (Å²) in [7, 11) is 1.60. The maximum atomic E-state index is 12.9. The molecule has 0 saturated heterocycles. The summed E-state index contributed by atoms with van der Waals surface area (Å²) in [5.41, 5.74) is -0.878. The number of hydrogen-bond acceptors (Lipinski definition) is 2. The van der Waals surface area contributed by atoms with E-state index in [1.54, 1.807) is 7.11 Å². The van der Waals surface area contributed by atoms with Gasteiger partial charge in [-0.15, -0.1) is 0 Å². The van der Waals surface area contributed by atoms with Crippen molar-refractivity contribution in [3.63, 3.8) is 0 Å². The van der Waals surface area contributed by atoms with Crippen molar-refractivity contribution in [3.05, 3.63) is 28.2 Å². The van der Waals surface area contributed by atoms with Gasteiger partial charge in [0.15, 0.2) is 0 Å². The fourth-order valence-electron chi connectivity index (χ4n) is 2.19. The highest BCUT2D eigenvalue weighted by molar-refractivity contribution is 9.10. The minimum absolute atomic E-state index is 0.0881. The summed E-state index contributed by atoms with van der Waals surface area (Å²) in [6.45, 7) is 0.392. The molecule has 0 radical (unpaired) electrons. The molecule has 0 aliphatic heterocycles. The number of rotatable bonds is 4. The van der Waals surface area contributed by atoms with E-state index in [1.807, 2.05) is 0 Å². The lowest BCUT2D eigenvalue weighted by molar-refractivity contribution is -0.137. The number of methoxy groups -OCH3 is 1. The minimum Gasteiger partial charge on any atom is -0.382 e. The zero-order valence-electron chi connectivity index (χ0n) is 10.5. The molecular formula is C13H15BrF3NO. The number of alkyl halides is 3. The van der Waals surface area contributed by atoms with E-state index in [-0.39, 0.29) is 11.3 Å². The topological polar surface area (TPSA) is 21.3 Å². The lowest BCUT2D eigenvalue weighted by Crippen LogP contribution is -2.45. The third-order valence-corrected chi connectivity index (χ3v) is 4.08. The van der Waals surface area contributed by atoms with Gasteiger partial charge in [-0.1, -0.05) is 15.9 Å². The maximum Gasteiger partial charge on any atom is 0.418 e. The minimum atomic E-state index is -4.36. The van der Waals surface area contributed by atoms with Crippen LogP contribution in [0, 0.1) is 0 Å². The molecule has 2 rings (SSSR count). The van der Waals surface area contributed by atoms with Crippen molar-refractivity contribution >= 4 is 21.6 Å². The number of nitrogens with one attached hydrogen (secondary N) is 1. The van der Waals surface area contributed by atoms with Gasteiger partial charge < -0.3 is 10.1 Å². The van der Waals surface area contributed by atoms with Crippen LogP contribution in [0.4, 0.5) is 18.9 Å². The van der Waals surface area contributed by atoms with Crippen molar-refractivity contribution in [2.45, 2.75) is 31.0 Å². The smallest absolute Gasteiger partial charge is 0.382 e. The molecule has 6 heteroatoms. The predicted molar refractivity (Wildman–Crippen MR) is 71.2 cm³/mol. The highest BCUT2D eigenvalue weighted by atomic mass is 79.9. The highest BCUT2D eigenvalue weighted by Gasteiger charge is 2.38. The van der Waals surface area contributed by atoms with Crippen molar-refractivity contribution in [2.24, 2.45) is 0 Å². The van der Waals surface area contributed by atoms with E-state index in [1.165, 1.54) is 12.1 Å². The van der Waals surface area contributed by atoms with Crippen LogP contribution in [0.15, 0.2) is 22.7 Å². The van der Waals surface area contributed by atoms with E-state index in [9.17, 15) is 13.2 Å². The second kappa shape index (κ2) is 5.32. The van der Waals surface area contributed by atoms with Gasteiger partial charge in [0.25, 0.3) is 0 Å². The molecule has 0 heterocycles. The van der Waals surface area contributed by atoms with Crippen molar-refractivity contribution in [1.29, 1.82) is 0 Å². The molecule has 1 aromatic rings. The van der Waals surface area contributed by atoms with Crippen LogP contribution in [0.2, 0.25) is 0 Å². The molecule has 1 aromatic carbocycles. The van der Waals surface area contributed by atoms with Crippen LogP contribution in [-0.4, -0.2) is 19.3 Å². The zero-order valence-corrected chi connectivity index (χ0v) is 12.1. The molecule has 1 N–H and O–H groups in total. The van der Waals surface area contributed by atoms with Gasteiger partial charge in [0.05, 0.1) is 11.2 Å². The summed E-state index contributed by atoms with van der Waals surface area (Å²) in [5, 5.41) is 2.88. The predicted octanol–water partition coefficient (Wildman–Crippen LogP) is 4.45. The average molecular weight is 338 g/mol. The van der Waals surface area contributed by atoms with E-state index in [0.29, 0.717) is 11.0 Å². The summed E-state index contributed by atoms with van der Waals surface area (Å²) in [5.74, 6) is 0. The summed E-state index contributed by atoms with van der Waals surface area (Å²) in [6, 6.07) is 3.92. The molecule has 0 bridgehead atoms. The van der Waals surface area contributed by atoms with Gasteiger partial charge in [-0.05, 0) is 37.5 Å². The average Bonchev–Trinajstić information content (AvgIpc) is 2.26. The van der Waals surface area contributed by atoms with E-state index >= 15 is 0 Å². The molecule has 106 valence electrons. The van der Waals surface area contributed by atoms with E-state index < -0.39 is 11.7 Å². The van der Waals surface area contributed by atoms with Gasteiger partial charge in [0.2, 0.25) is 0 Å². The van der Waals surface area contributed by atoms with Gasteiger partial charge >= 0.3 is 6.18 Å². The van der Waals surface area contributed by atoms with Gasteiger partial charge in [-0.3, -0.25) is 0 Å². The Labute approximate surface area is 118 Å².